The number of amides is 1. The lowest BCUT2D eigenvalue weighted by Crippen LogP contribution is -2.56. The van der Waals surface area contributed by atoms with Gasteiger partial charge in [0.05, 0.1) is 5.69 Å². The number of alkyl halides is 6. The molecule has 3 N–H and O–H groups in total. The molecule has 5 nitrogen and oxygen atoms in total. The van der Waals surface area contributed by atoms with E-state index in [4.69, 9.17) is 11.1 Å². The van der Waals surface area contributed by atoms with E-state index in [0.29, 0.717) is 6.92 Å². The molecular formula is C17H22F6N4O. The Labute approximate surface area is 158 Å². The molecule has 1 aromatic heterocycles. The first-order valence-electron chi connectivity index (χ1n) is 8.44. The fourth-order valence-electron chi connectivity index (χ4n) is 2.70. The molecule has 0 spiro atoms. The highest BCUT2D eigenvalue weighted by Gasteiger charge is 2.59. The smallest absolute Gasteiger partial charge is 0.330 e. The van der Waals surface area contributed by atoms with Crippen LogP contribution in [-0.2, 0) is 11.0 Å². The quantitative estimate of drug-likeness (QED) is 0.413. The van der Waals surface area contributed by atoms with Crippen molar-refractivity contribution >= 4 is 17.4 Å². The van der Waals surface area contributed by atoms with Crippen LogP contribution in [0, 0.1) is 16.7 Å². The van der Waals surface area contributed by atoms with Crippen LogP contribution >= 0.6 is 0 Å². The number of hydrogen-bond acceptors (Lipinski definition) is 4. The zero-order valence-corrected chi connectivity index (χ0v) is 15.6. The topological polar surface area (TPSA) is 83.1 Å². The summed E-state index contributed by atoms with van der Waals surface area (Å²) in [4.78, 5) is 15.8. The van der Waals surface area contributed by atoms with Gasteiger partial charge in [-0.15, -0.1) is 0 Å². The molecule has 0 aliphatic heterocycles. The van der Waals surface area contributed by atoms with Gasteiger partial charge in [0.25, 0.3) is 0 Å². The van der Waals surface area contributed by atoms with E-state index in [-0.39, 0.29) is 17.9 Å². The van der Waals surface area contributed by atoms with Crippen molar-refractivity contribution in [3.8, 4) is 0 Å². The third kappa shape index (κ3) is 4.45. The standard InChI is InChI=1S/C17H22F6N4O/c1-4-10(2)15(3,17(21,22)23)14(25)27(12(28)7-8-24)11-6-5-9-26-13(11)16(18,19)20/h5-6,9-10,25H,4,7-8,24H2,1-3H3/t10-,15?/m1/s1. The van der Waals surface area contributed by atoms with Crippen LogP contribution < -0.4 is 10.6 Å². The Balaban J connectivity index is 3.74. The lowest BCUT2D eigenvalue weighted by atomic mass is 9.74. The normalized spacial score (nSPS) is 15.6. The molecule has 11 heteroatoms. The van der Waals surface area contributed by atoms with Gasteiger partial charge in [-0.25, -0.2) is 4.98 Å². The van der Waals surface area contributed by atoms with E-state index in [2.05, 4.69) is 4.98 Å². The number of nitrogens with two attached hydrogens (primary N) is 1. The van der Waals surface area contributed by atoms with Crippen molar-refractivity contribution in [3.05, 3.63) is 24.0 Å². The maximum Gasteiger partial charge on any atom is 0.435 e. The predicted molar refractivity (Wildman–Crippen MR) is 91.7 cm³/mol. The predicted octanol–water partition coefficient (Wildman–Crippen LogP) is 4.37. The molecule has 1 rings (SSSR count). The van der Waals surface area contributed by atoms with Crippen molar-refractivity contribution in [1.29, 1.82) is 5.41 Å². The van der Waals surface area contributed by atoms with Crippen LogP contribution in [0.2, 0.25) is 0 Å². The molecule has 1 aromatic rings. The van der Waals surface area contributed by atoms with Crippen molar-refractivity contribution in [3.63, 3.8) is 0 Å². The number of pyridine rings is 1. The highest BCUT2D eigenvalue weighted by Crippen LogP contribution is 2.48. The molecular weight excluding hydrogens is 390 g/mol. The summed E-state index contributed by atoms with van der Waals surface area (Å²) in [5.41, 5.74) is -0.0880. The number of carbonyl (C=O) groups excluding carboxylic acids is 1. The van der Waals surface area contributed by atoms with Gasteiger partial charge in [-0.1, -0.05) is 20.3 Å². The number of nitrogens with zero attached hydrogens (tertiary/aromatic N) is 2. The van der Waals surface area contributed by atoms with Gasteiger partial charge in [-0.3, -0.25) is 15.1 Å². The fraction of sp³-hybridized carbons (Fsp3) is 0.588. The van der Waals surface area contributed by atoms with E-state index >= 15 is 0 Å². The van der Waals surface area contributed by atoms with Crippen LogP contribution in [0.15, 0.2) is 18.3 Å². The van der Waals surface area contributed by atoms with Crippen LogP contribution in [0.3, 0.4) is 0 Å². The zero-order chi connectivity index (χ0) is 21.9. The summed E-state index contributed by atoms with van der Waals surface area (Å²) < 4.78 is 81.8. The summed E-state index contributed by atoms with van der Waals surface area (Å²) in [6, 6.07) is 1.86. The van der Waals surface area contributed by atoms with E-state index in [1.807, 2.05) is 0 Å². The molecule has 0 saturated heterocycles. The number of nitrogens with one attached hydrogen (secondary N) is 1. The third-order valence-electron chi connectivity index (χ3n) is 4.81. The highest BCUT2D eigenvalue weighted by molar-refractivity contribution is 6.18. The summed E-state index contributed by atoms with van der Waals surface area (Å²) >= 11 is 0. The highest BCUT2D eigenvalue weighted by atomic mass is 19.4. The second kappa shape index (κ2) is 8.46. The monoisotopic (exact) mass is 412 g/mol. The van der Waals surface area contributed by atoms with Crippen LogP contribution in [-0.4, -0.2) is 29.4 Å². The minimum absolute atomic E-state index is 0.0174. The van der Waals surface area contributed by atoms with Crippen LogP contribution in [0.5, 0.6) is 0 Å². The Morgan fingerprint density at radius 2 is 1.86 bits per heavy atom. The van der Waals surface area contributed by atoms with E-state index in [0.717, 1.165) is 18.3 Å². The molecule has 0 fully saturated rings. The van der Waals surface area contributed by atoms with Gasteiger partial charge >= 0.3 is 12.4 Å². The Bertz CT molecular complexity index is 718. The van der Waals surface area contributed by atoms with Crippen molar-refractivity contribution in [2.24, 2.45) is 17.1 Å². The molecule has 0 bridgehead atoms. The Morgan fingerprint density at radius 1 is 1.29 bits per heavy atom. The number of anilines is 1. The first-order chi connectivity index (χ1) is 12.7. The van der Waals surface area contributed by atoms with Gasteiger partial charge in [0.1, 0.15) is 11.3 Å². The molecule has 0 saturated carbocycles. The van der Waals surface area contributed by atoms with Crippen LogP contribution in [0.1, 0.15) is 39.3 Å². The number of hydrogen-bond donors (Lipinski definition) is 2. The van der Waals surface area contributed by atoms with Gasteiger partial charge < -0.3 is 5.73 Å². The number of rotatable bonds is 6. The minimum atomic E-state index is -5.04. The number of halogens is 6. The second-order valence-electron chi connectivity index (χ2n) is 6.49. The first kappa shape index (κ1) is 23.9. The molecule has 0 aromatic carbocycles. The van der Waals surface area contributed by atoms with Crippen LogP contribution in [0.25, 0.3) is 0 Å². The molecule has 2 atom stereocenters. The SMILES string of the molecule is CC[C@@H](C)C(C)(C(=N)N(C(=O)CCN)c1cccnc1C(F)(F)F)C(F)(F)F. The molecule has 1 heterocycles. The molecule has 1 unspecified atom stereocenters. The van der Waals surface area contributed by atoms with Crippen molar-refractivity contribution in [2.45, 2.75) is 46.0 Å². The second-order valence-corrected chi connectivity index (χ2v) is 6.49. The van der Waals surface area contributed by atoms with Gasteiger partial charge in [-0.05, 0) is 25.0 Å². The molecule has 158 valence electrons. The van der Waals surface area contributed by atoms with Gasteiger partial charge in [-0.2, -0.15) is 26.3 Å². The molecule has 0 aliphatic carbocycles. The number of aromatic nitrogens is 1. The van der Waals surface area contributed by atoms with E-state index in [9.17, 15) is 31.1 Å². The maximum absolute atomic E-state index is 13.9. The molecule has 28 heavy (non-hydrogen) atoms. The Morgan fingerprint density at radius 3 is 2.29 bits per heavy atom. The van der Waals surface area contributed by atoms with E-state index in [1.54, 1.807) is 0 Å². The molecule has 1 amide bonds. The lowest BCUT2D eigenvalue weighted by molar-refractivity contribution is -0.207. The van der Waals surface area contributed by atoms with Crippen LogP contribution in [0.4, 0.5) is 32.0 Å². The van der Waals surface area contributed by atoms with E-state index in [1.165, 1.54) is 13.8 Å². The first-order valence-corrected chi connectivity index (χ1v) is 8.44. The average Bonchev–Trinajstić information content (AvgIpc) is 2.59. The minimum Gasteiger partial charge on any atom is -0.330 e. The summed E-state index contributed by atoms with van der Waals surface area (Å²) in [6.07, 6.45) is -9.77. The van der Waals surface area contributed by atoms with Crippen molar-refractivity contribution < 1.29 is 31.1 Å². The lowest BCUT2D eigenvalue weighted by Gasteiger charge is -2.41. The largest absolute Gasteiger partial charge is 0.435 e. The summed E-state index contributed by atoms with van der Waals surface area (Å²) in [5, 5.41) is 8.19. The molecule has 0 aliphatic rings. The summed E-state index contributed by atoms with van der Waals surface area (Å²) in [6.45, 7) is 3.08. The number of amidine groups is 1. The average molecular weight is 412 g/mol. The summed E-state index contributed by atoms with van der Waals surface area (Å²) in [7, 11) is 0. The van der Waals surface area contributed by atoms with E-state index < -0.39 is 53.2 Å². The number of carbonyl (C=O) groups is 1. The maximum atomic E-state index is 13.9. The van der Waals surface area contributed by atoms with Gasteiger partial charge in [0.2, 0.25) is 5.91 Å². The zero-order valence-electron chi connectivity index (χ0n) is 15.6. The Kier molecular flexibility index (Phi) is 7.21. The fourth-order valence-corrected chi connectivity index (χ4v) is 2.70. The third-order valence-corrected chi connectivity index (χ3v) is 4.81. The summed E-state index contributed by atoms with van der Waals surface area (Å²) in [5.74, 6) is -3.63. The van der Waals surface area contributed by atoms with Crippen molar-refractivity contribution in [1.82, 2.24) is 4.98 Å². The molecule has 0 radical (unpaired) electrons. The van der Waals surface area contributed by atoms with Gasteiger partial charge in [0, 0.05) is 19.2 Å². The van der Waals surface area contributed by atoms with Gasteiger partial charge in [0.15, 0.2) is 5.69 Å². The van der Waals surface area contributed by atoms with Crippen molar-refractivity contribution in [2.75, 3.05) is 11.4 Å². The Hall–Kier alpha value is -2.17.